The van der Waals surface area contributed by atoms with Gasteiger partial charge in [-0.25, -0.2) is 13.4 Å². The Morgan fingerprint density at radius 1 is 0.906 bits per heavy atom. The van der Waals surface area contributed by atoms with Crippen LogP contribution >= 0.6 is 23.2 Å². The molecule has 2 saturated heterocycles. The lowest BCUT2D eigenvalue weighted by atomic mass is 10.3. The maximum atomic E-state index is 12.9. The monoisotopic (exact) mass is 497 g/mol. The predicted molar refractivity (Wildman–Crippen MR) is 125 cm³/mol. The zero-order valence-corrected chi connectivity index (χ0v) is 19.9. The van der Waals surface area contributed by atoms with Crippen LogP contribution in [0.1, 0.15) is 0 Å². The van der Waals surface area contributed by atoms with Gasteiger partial charge in [0.1, 0.15) is 10.7 Å². The van der Waals surface area contributed by atoms with Gasteiger partial charge in [-0.2, -0.15) is 4.31 Å². The number of sulfonamides is 1. The molecule has 2 aromatic rings. The fraction of sp³-hybridized carbons (Fsp3) is 0.429. The number of halogens is 2. The highest BCUT2D eigenvalue weighted by Gasteiger charge is 2.32. The van der Waals surface area contributed by atoms with Crippen molar-refractivity contribution in [3.05, 3.63) is 52.6 Å². The van der Waals surface area contributed by atoms with E-state index in [9.17, 15) is 13.2 Å². The fourth-order valence-corrected chi connectivity index (χ4v) is 5.98. The molecule has 11 heteroatoms. The summed E-state index contributed by atoms with van der Waals surface area (Å²) < 4.78 is 27.2. The van der Waals surface area contributed by atoms with E-state index in [1.807, 2.05) is 12.1 Å². The number of hydrogen-bond acceptors (Lipinski definition) is 6. The quantitative estimate of drug-likeness (QED) is 0.628. The Morgan fingerprint density at radius 3 is 2.22 bits per heavy atom. The Hall–Kier alpha value is -1.91. The van der Waals surface area contributed by atoms with E-state index in [-0.39, 0.29) is 28.9 Å². The van der Waals surface area contributed by atoms with Gasteiger partial charge in [0.15, 0.2) is 0 Å². The van der Waals surface area contributed by atoms with Crippen molar-refractivity contribution in [1.82, 2.24) is 19.1 Å². The first-order valence-corrected chi connectivity index (χ1v) is 12.7. The molecule has 0 bridgehead atoms. The van der Waals surface area contributed by atoms with Crippen LogP contribution < -0.4 is 4.90 Å². The molecule has 2 aliphatic heterocycles. The highest BCUT2D eigenvalue weighted by atomic mass is 35.5. The van der Waals surface area contributed by atoms with E-state index in [1.165, 1.54) is 10.4 Å². The number of carbonyl (C=O) groups excluding carboxylic acids is 1. The molecule has 8 nitrogen and oxygen atoms in total. The van der Waals surface area contributed by atoms with Crippen LogP contribution in [0.15, 0.2) is 47.5 Å². The minimum Gasteiger partial charge on any atom is -0.354 e. The lowest BCUT2D eigenvalue weighted by molar-refractivity contribution is -0.133. The summed E-state index contributed by atoms with van der Waals surface area (Å²) in [5.74, 6) is 0.911. The second kappa shape index (κ2) is 9.93. The van der Waals surface area contributed by atoms with E-state index in [1.54, 1.807) is 29.3 Å². The molecule has 1 aromatic heterocycles. The van der Waals surface area contributed by atoms with Crippen molar-refractivity contribution in [2.45, 2.75) is 4.90 Å². The zero-order valence-electron chi connectivity index (χ0n) is 17.5. The summed E-state index contributed by atoms with van der Waals surface area (Å²) in [6.45, 7) is 4.68. The van der Waals surface area contributed by atoms with Gasteiger partial charge in [0.05, 0.1) is 16.6 Å². The first-order chi connectivity index (χ1) is 15.3. The number of anilines is 1. The minimum absolute atomic E-state index is 0.0258. The summed E-state index contributed by atoms with van der Waals surface area (Å²) in [7, 11) is -3.67. The lowest BCUT2D eigenvalue weighted by Gasteiger charge is -2.38. The van der Waals surface area contributed by atoms with Crippen LogP contribution in [-0.4, -0.2) is 92.3 Å². The normalized spacial score (nSPS) is 18.7. The summed E-state index contributed by atoms with van der Waals surface area (Å²) in [6.07, 6.45) is 1.64. The molecule has 0 spiro atoms. The molecule has 1 amide bonds. The van der Waals surface area contributed by atoms with Gasteiger partial charge in [-0.3, -0.25) is 9.69 Å². The second-order valence-corrected chi connectivity index (χ2v) is 10.6. The maximum absolute atomic E-state index is 12.9. The van der Waals surface area contributed by atoms with Crippen LogP contribution in [0.4, 0.5) is 5.82 Å². The van der Waals surface area contributed by atoms with Gasteiger partial charge in [0.2, 0.25) is 15.9 Å². The van der Waals surface area contributed by atoms with Gasteiger partial charge >= 0.3 is 0 Å². The highest BCUT2D eigenvalue weighted by molar-refractivity contribution is 7.89. The molecule has 4 rings (SSSR count). The first kappa shape index (κ1) is 23.3. The topological polar surface area (TPSA) is 77.1 Å². The fourth-order valence-electron chi connectivity index (χ4n) is 3.95. The number of amides is 1. The van der Waals surface area contributed by atoms with E-state index in [0.29, 0.717) is 24.7 Å². The number of rotatable bonds is 5. The van der Waals surface area contributed by atoms with Gasteiger partial charge in [-0.05, 0) is 24.3 Å². The van der Waals surface area contributed by atoms with Crippen molar-refractivity contribution in [1.29, 1.82) is 0 Å². The molecule has 2 fully saturated rings. The Labute approximate surface area is 198 Å². The van der Waals surface area contributed by atoms with Crippen molar-refractivity contribution in [3.8, 4) is 0 Å². The van der Waals surface area contributed by atoms with Crippen LogP contribution in [-0.2, 0) is 14.8 Å². The molecule has 32 heavy (non-hydrogen) atoms. The third-order valence-corrected chi connectivity index (χ3v) is 8.43. The van der Waals surface area contributed by atoms with E-state index in [2.05, 4.69) is 14.8 Å². The molecule has 0 aliphatic carbocycles. The van der Waals surface area contributed by atoms with E-state index < -0.39 is 10.0 Å². The average Bonchev–Trinajstić information content (AvgIpc) is 2.80. The van der Waals surface area contributed by atoms with Crippen LogP contribution in [0.2, 0.25) is 10.0 Å². The molecular formula is C21H25Cl2N5O3S. The number of nitrogens with zero attached hydrogens (tertiary/aromatic N) is 5. The van der Waals surface area contributed by atoms with Crippen molar-refractivity contribution in [2.75, 3.05) is 63.8 Å². The summed E-state index contributed by atoms with van der Waals surface area (Å²) >= 11 is 12.0. The molecule has 172 valence electrons. The third kappa shape index (κ3) is 5.18. The van der Waals surface area contributed by atoms with Gasteiger partial charge in [-0.1, -0.05) is 35.3 Å². The minimum atomic E-state index is -3.67. The Morgan fingerprint density at radius 2 is 1.59 bits per heavy atom. The van der Waals surface area contributed by atoms with Crippen molar-refractivity contribution in [2.24, 2.45) is 0 Å². The summed E-state index contributed by atoms with van der Waals surface area (Å²) in [5.41, 5.74) is 0. The summed E-state index contributed by atoms with van der Waals surface area (Å²) in [5, 5.41) is 0.816. The Bertz CT molecular complexity index is 1050. The predicted octanol–water partition coefficient (Wildman–Crippen LogP) is 2.04. The summed E-state index contributed by atoms with van der Waals surface area (Å²) in [6, 6.07) is 10.2. The van der Waals surface area contributed by atoms with Gasteiger partial charge in [0, 0.05) is 58.6 Å². The van der Waals surface area contributed by atoms with Crippen molar-refractivity contribution < 1.29 is 13.2 Å². The van der Waals surface area contributed by atoms with Crippen molar-refractivity contribution >= 4 is 45.0 Å². The number of aromatic nitrogens is 1. The van der Waals surface area contributed by atoms with Gasteiger partial charge < -0.3 is 9.80 Å². The molecule has 2 aliphatic rings. The largest absolute Gasteiger partial charge is 0.354 e. The number of benzene rings is 1. The molecule has 0 N–H and O–H groups in total. The first-order valence-electron chi connectivity index (χ1n) is 10.5. The molecule has 0 atom stereocenters. The maximum Gasteiger partial charge on any atom is 0.244 e. The molecule has 0 saturated carbocycles. The molecule has 3 heterocycles. The SMILES string of the molecule is O=C(CN1CCN(c2ccc(Cl)cn2)CC1)N1CCN(S(=O)(=O)c2ccccc2Cl)CC1. The smallest absolute Gasteiger partial charge is 0.244 e. The molecular weight excluding hydrogens is 473 g/mol. The Kier molecular flexibility index (Phi) is 7.21. The number of hydrogen-bond donors (Lipinski definition) is 0. The van der Waals surface area contributed by atoms with Gasteiger partial charge in [-0.15, -0.1) is 0 Å². The highest BCUT2D eigenvalue weighted by Crippen LogP contribution is 2.25. The van der Waals surface area contributed by atoms with Crippen LogP contribution in [0.25, 0.3) is 0 Å². The van der Waals surface area contributed by atoms with E-state index in [0.717, 1.165) is 32.0 Å². The average molecular weight is 498 g/mol. The number of carbonyl (C=O) groups is 1. The standard InChI is InChI=1S/C21H25Cl2N5O3S/c22-17-5-6-20(24-15-17)26-9-7-25(8-10-26)16-21(29)27-11-13-28(14-12-27)32(30,31)19-4-2-1-3-18(19)23/h1-6,15H,7-14,16H2. The second-order valence-electron chi connectivity index (χ2n) is 7.81. The number of pyridine rings is 1. The van der Waals surface area contributed by atoms with Crippen LogP contribution in [0.3, 0.4) is 0 Å². The van der Waals surface area contributed by atoms with E-state index in [4.69, 9.17) is 23.2 Å². The Balaban J connectivity index is 1.26. The lowest BCUT2D eigenvalue weighted by Crippen LogP contribution is -2.54. The molecule has 1 aromatic carbocycles. The third-order valence-electron chi connectivity index (χ3n) is 5.81. The van der Waals surface area contributed by atoms with Crippen molar-refractivity contribution in [3.63, 3.8) is 0 Å². The zero-order chi connectivity index (χ0) is 22.7. The number of piperazine rings is 2. The van der Waals surface area contributed by atoms with Crippen LogP contribution in [0.5, 0.6) is 0 Å². The molecule has 0 unspecified atom stereocenters. The van der Waals surface area contributed by atoms with E-state index >= 15 is 0 Å². The molecule has 0 radical (unpaired) electrons. The van der Waals surface area contributed by atoms with Gasteiger partial charge in [0.25, 0.3) is 0 Å². The van der Waals surface area contributed by atoms with Crippen LogP contribution in [0, 0.1) is 0 Å². The summed E-state index contributed by atoms with van der Waals surface area (Å²) in [4.78, 5) is 23.3.